The molecular weight excluding hydrogens is 387 g/mol. The molecule has 76 valence electrons. The van der Waals surface area contributed by atoms with Crippen molar-refractivity contribution in [3.8, 4) is 0 Å². The predicted molar refractivity (Wildman–Crippen MR) is 74.6 cm³/mol. The Morgan fingerprint density at radius 1 is 1.20 bits per heavy atom. The van der Waals surface area contributed by atoms with Crippen LogP contribution < -0.4 is 0 Å². The first-order valence-corrected chi connectivity index (χ1v) is 6.97. The monoisotopic (exact) mass is 392 g/mol. The second-order valence-electron chi connectivity index (χ2n) is 2.93. The van der Waals surface area contributed by atoms with Gasteiger partial charge in [0.1, 0.15) is 0 Å². The number of ketones is 1. The molecule has 15 heavy (non-hydrogen) atoms. The number of carbonyl (C=O) groups excluding carboxylic acids is 1. The van der Waals surface area contributed by atoms with Crippen molar-refractivity contribution >= 4 is 55.6 Å². The Morgan fingerprint density at radius 2 is 1.87 bits per heavy atom. The molecule has 4 heteroatoms. The fourth-order valence-corrected chi connectivity index (χ4v) is 3.06. The Kier molecular flexibility index (Phi) is 3.58. The highest BCUT2D eigenvalue weighted by atomic mass is 127. The maximum Gasteiger partial charge on any atom is 0.204 e. The van der Waals surface area contributed by atoms with Crippen LogP contribution in [0.15, 0.2) is 40.2 Å². The van der Waals surface area contributed by atoms with E-state index in [0.717, 1.165) is 18.5 Å². The second-order valence-corrected chi connectivity index (χ2v) is 5.95. The minimum atomic E-state index is 0.0771. The van der Waals surface area contributed by atoms with Crippen molar-refractivity contribution in [3.63, 3.8) is 0 Å². The van der Waals surface area contributed by atoms with E-state index in [4.69, 9.17) is 0 Å². The Labute approximate surface area is 114 Å². The normalized spacial score (nSPS) is 10.3. The van der Waals surface area contributed by atoms with Gasteiger partial charge in [-0.2, -0.15) is 0 Å². The summed E-state index contributed by atoms with van der Waals surface area (Å²) in [5.74, 6) is 0.0771. The topological polar surface area (TPSA) is 17.1 Å². The van der Waals surface area contributed by atoms with Gasteiger partial charge in [-0.3, -0.25) is 4.79 Å². The number of carbonyl (C=O) groups is 1. The lowest BCUT2D eigenvalue weighted by molar-refractivity contribution is 0.104. The van der Waals surface area contributed by atoms with E-state index < -0.39 is 0 Å². The molecule has 0 bridgehead atoms. The van der Waals surface area contributed by atoms with E-state index in [1.165, 1.54) is 11.3 Å². The summed E-state index contributed by atoms with van der Waals surface area (Å²) in [4.78, 5) is 12.8. The molecule has 2 aromatic rings. The minimum Gasteiger partial charge on any atom is -0.288 e. The first-order chi connectivity index (χ1) is 7.18. The molecule has 0 fully saturated rings. The van der Waals surface area contributed by atoms with Gasteiger partial charge in [0.2, 0.25) is 5.78 Å². The Hall–Kier alpha value is -0.200. The number of hydrogen-bond donors (Lipinski definition) is 0. The maximum absolute atomic E-state index is 12.0. The van der Waals surface area contributed by atoms with E-state index >= 15 is 0 Å². The fourth-order valence-electron chi connectivity index (χ4n) is 1.19. The molecule has 1 heterocycles. The van der Waals surface area contributed by atoms with Gasteiger partial charge in [0, 0.05) is 13.6 Å². The highest BCUT2D eigenvalue weighted by molar-refractivity contribution is 14.1. The second kappa shape index (κ2) is 4.76. The van der Waals surface area contributed by atoms with Crippen molar-refractivity contribution in [3.05, 3.63) is 54.2 Å². The molecule has 0 N–H and O–H groups in total. The molecule has 1 aromatic heterocycles. The Balaban J connectivity index is 2.37. The fraction of sp³-hybridized carbons (Fsp3) is 0. The Morgan fingerprint density at radius 3 is 2.40 bits per heavy atom. The molecule has 0 radical (unpaired) electrons. The number of benzene rings is 1. The third-order valence-corrected chi connectivity index (χ3v) is 4.49. The average Bonchev–Trinajstić information content (AvgIpc) is 2.65. The smallest absolute Gasteiger partial charge is 0.204 e. The van der Waals surface area contributed by atoms with E-state index in [1.807, 2.05) is 35.7 Å². The van der Waals surface area contributed by atoms with Crippen LogP contribution in [-0.2, 0) is 0 Å². The third-order valence-electron chi connectivity index (χ3n) is 1.93. The van der Waals surface area contributed by atoms with Crippen LogP contribution >= 0.6 is 49.9 Å². The quantitative estimate of drug-likeness (QED) is 0.548. The number of hydrogen-bond acceptors (Lipinski definition) is 2. The van der Waals surface area contributed by atoms with Crippen LogP contribution in [-0.4, -0.2) is 5.78 Å². The van der Waals surface area contributed by atoms with Gasteiger partial charge in [-0.1, -0.05) is 0 Å². The van der Waals surface area contributed by atoms with Crippen molar-refractivity contribution in [2.75, 3.05) is 0 Å². The lowest BCUT2D eigenvalue weighted by Crippen LogP contribution is -1.98. The number of halogens is 2. The van der Waals surface area contributed by atoms with E-state index in [9.17, 15) is 4.79 Å². The predicted octanol–water partition coefficient (Wildman–Crippen LogP) is 4.35. The van der Waals surface area contributed by atoms with E-state index in [2.05, 4.69) is 38.5 Å². The van der Waals surface area contributed by atoms with E-state index in [0.29, 0.717) is 0 Å². The van der Waals surface area contributed by atoms with Crippen LogP contribution in [0.2, 0.25) is 0 Å². The van der Waals surface area contributed by atoms with Crippen molar-refractivity contribution < 1.29 is 4.79 Å². The highest BCUT2D eigenvalue weighted by Gasteiger charge is 2.13. The number of thiophene rings is 1. The van der Waals surface area contributed by atoms with Crippen molar-refractivity contribution in [1.82, 2.24) is 0 Å². The molecule has 0 aliphatic heterocycles. The third kappa shape index (κ3) is 2.49. The van der Waals surface area contributed by atoms with Crippen LogP contribution in [0.3, 0.4) is 0 Å². The number of rotatable bonds is 2. The van der Waals surface area contributed by atoms with Crippen LogP contribution in [0.1, 0.15) is 15.2 Å². The summed E-state index contributed by atoms with van der Waals surface area (Å²) < 4.78 is 2.01. The molecule has 0 saturated carbocycles. The van der Waals surface area contributed by atoms with Crippen LogP contribution in [0.5, 0.6) is 0 Å². The zero-order valence-corrected chi connectivity index (χ0v) is 12.1. The van der Waals surface area contributed by atoms with Crippen molar-refractivity contribution in [1.29, 1.82) is 0 Å². The van der Waals surface area contributed by atoms with Gasteiger partial charge < -0.3 is 0 Å². The first-order valence-electron chi connectivity index (χ1n) is 4.22. The van der Waals surface area contributed by atoms with Crippen molar-refractivity contribution in [2.24, 2.45) is 0 Å². The largest absolute Gasteiger partial charge is 0.288 e. The van der Waals surface area contributed by atoms with Crippen LogP contribution in [0.25, 0.3) is 0 Å². The van der Waals surface area contributed by atoms with E-state index in [-0.39, 0.29) is 5.78 Å². The molecule has 2 rings (SSSR count). The van der Waals surface area contributed by atoms with Crippen LogP contribution in [0, 0.1) is 3.57 Å². The molecule has 0 aliphatic rings. The molecular formula is C11H6BrIOS. The van der Waals surface area contributed by atoms with Gasteiger partial charge in [-0.25, -0.2) is 0 Å². The zero-order chi connectivity index (χ0) is 10.8. The highest BCUT2D eigenvalue weighted by Crippen LogP contribution is 2.25. The summed E-state index contributed by atoms with van der Waals surface area (Å²) in [6, 6.07) is 9.49. The van der Waals surface area contributed by atoms with Gasteiger partial charge >= 0.3 is 0 Å². The van der Waals surface area contributed by atoms with Gasteiger partial charge in [-0.15, -0.1) is 11.3 Å². The first kappa shape index (κ1) is 11.3. The molecule has 0 aliphatic carbocycles. The van der Waals surface area contributed by atoms with Gasteiger partial charge in [0.05, 0.1) is 4.88 Å². The van der Waals surface area contributed by atoms with Crippen LogP contribution in [0.4, 0.5) is 0 Å². The summed E-state index contributed by atoms with van der Waals surface area (Å²) in [7, 11) is 0. The van der Waals surface area contributed by atoms with Gasteiger partial charge in [0.25, 0.3) is 0 Å². The summed E-state index contributed by atoms with van der Waals surface area (Å²) in [6.07, 6.45) is 0. The molecule has 1 nitrogen and oxygen atoms in total. The lowest BCUT2D eigenvalue weighted by Gasteiger charge is -1.99. The van der Waals surface area contributed by atoms with Gasteiger partial charge in [-0.05, 0) is 74.2 Å². The molecule has 0 amide bonds. The average molecular weight is 393 g/mol. The summed E-state index contributed by atoms with van der Waals surface area (Å²) in [5, 5.41) is 1.91. The molecule has 0 saturated heterocycles. The molecule has 0 atom stereocenters. The minimum absolute atomic E-state index is 0.0771. The Bertz CT molecular complexity index is 490. The SMILES string of the molecule is O=C(c1ccc(I)cc1)c1sccc1Br. The zero-order valence-electron chi connectivity index (χ0n) is 7.54. The molecule has 0 unspecified atom stereocenters. The standard InChI is InChI=1S/C11H6BrIOS/c12-9-5-6-15-11(9)10(14)7-1-3-8(13)4-2-7/h1-6H. The van der Waals surface area contributed by atoms with Crippen molar-refractivity contribution in [2.45, 2.75) is 0 Å². The summed E-state index contributed by atoms with van der Waals surface area (Å²) >= 11 is 7.05. The molecule has 0 spiro atoms. The maximum atomic E-state index is 12.0. The lowest BCUT2D eigenvalue weighted by atomic mass is 10.1. The molecule has 1 aromatic carbocycles. The summed E-state index contributed by atoms with van der Waals surface area (Å²) in [6.45, 7) is 0. The summed E-state index contributed by atoms with van der Waals surface area (Å²) in [5.41, 5.74) is 0.735. The van der Waals surface area contributed by atoms with E-state index in [1.54, 1.807) is 0 Å². The van der Waals surface area contributed by atoms with Gasteiger partial charge in [0.15, 0.2) is 0 Å².